The second kappa shape index (κ2) is 11.6. The number of unbranched alkanes of at least 4 members (excludes halogenated alkanes) is 3. The van der Waals surface area contributed by atoms with Crippen LogP contribution < -0.4 is 10.2 Å². The summed E-state index contributed by atoms with van der Waals surface area (Å²) in [7, 11) is 2.97. The number of amides is 1. The smallest absolute Gasteiger partial charge is 0.305 e. The molecule has 0 radical (unpaired) electrons. The van der Waals surface area contributed by atoms with Crippen molar-refractivity contribution in [3.05, 3.63) is 28.2 Å². The van der Waals surface area contributed by atoms with Crippen LogP contribution >= 0.6 is 15.9 Å². The number of nitrogens with one attached hydrogen (secondary N) is 1. The van der Waals surface area contributed by atoms with Crippen molar-refractivity contribution in [1.29, 1.82) is 0 Å². The minimum atomic E-state index is -0.190. The van der Waals surface area contributed by atoms with Crippen LogP contribution in [0.15, 0.2) is 27.8 Å². The van der Waals surface area contributed by atoms with E-state index in [0.717, 1.165) is 35.7 Å². The molecule has 0 atom stereocenters. The van der Waals surface area contributed by atoms with Crippen molar-refractivity contribution in [2.75, 3.05) is 14.2 Å². The van der Waals surface area contributed by atoms with Gasteiger partial charge in [0.25, 0.3) is 0 Å². The fraction of sp³-hybridized carbons (Fsp3) is 0.471. The Morgan fingerprint density at radius 1 is 1.17 bits per heavy atom. The van der Waals surface area contributed by atoms with Crippen LogP contribution in [0.1, 0.15) is 44.1 Å². The minimum absolute atomic E-state index is 0.131. The highest BCUT2D eigenvalue weighted by molar-refractivity contribution is 9.10. The molecule has 0 aliphatic heterocycles. The summed E-state index contributed by atoms with van der Waals surface area (Å²) in [6.45, 7) is 0. The Balaban J connectivity index is 2.24. The molecule has 0 aliphatic carbocycles. The Morgan fingerprint density at radius 2 is 1.88 bits per heavy atom. The van der Waals surface area contributed by atoms with Crippen LogP contribution in [0.2, 0.25) is 0 Å². The van der Waals surface area contributed by atoms with Crippen LogP contribution in [-0.4, -0.2) is 32.3 Å². The lowest BCUT2D eigenvalue weighted by atomic mass is 10.1. The number of ether oxygens (including phenoxy) is 2. The number of rotatable bonds is 10. The number of hydrogen-bond donors (Lipinski definition) is 1. The zero-order chi connectivity index (χ0) is 17.8. The van der Waals surface area contributed by atoms with Gasteiger partial charge in [0.2, 0.25) is 5.91 Å². The van der Waals surface area contributed by atoms with Crippen LogP contribution in [0.4, 0.5) is 0 Å². The Kier molecular flexibility index (Phi) is 9.76. The van der Waals surface area contributed by atoms with Crippen LogP contribution in [0.5, 0.6) is 5.75 Å². The maximum atomic E-state index is 11.7. The van der Waals surface area contributed by atoms with E-state index < -0.39 is 0 Å². The van der Waals surface area contributed by atoms with Gasteiger partial charge in [-0.3, -0.25) is 9.59 Å². The van der Waals surface area contributed by atoms with Crippen LogP contribution in [0.3, 0.4) is 0 Å². The van der Waals surface area contributed by atoms with Gasteiger partial charge in [-0.25, -0.2) is 5.43 Å². The van der Waals surface area contributed by atoms with Crippen molar-refractivity contribution in [2.24, 2.45) is 5.10 Å². The molecule has 1 N–H and O–H groups in total. The summed E-state index contributed by atoms with van der Waals surface area (Å²) < 4.78 is 10.7. The summed E-state index contributed by atoms with van der Waals surface area (Å²) in [5.41, 5.74) is 3.28. The number of benzene rings is 1. The second-order valence-electron chi connectivity index (χ2n) is 5.17. The first-order chi connectivity index (χ1) is 11.6. The van der Waals surface area contributed by atoms with Gasteiger partial charge in [0.05, 0.1) is 20.4 Å². The van der Waals surface area contributed by atoms with E-state index in [2.05, 4.69) is 31.2 Å². The summed E-state index contributed by atoms with van der Waals surface area (Å²) in [5, 5.41) is 3.95. The standard InChI is InChI=1S/C17H23BrN2O4/c1-23-15-10-9-14(18)11-13(15)12-19-20-16(21)7-5-3-4-6-8-17(22)24-2/h9-12H,3-8H2,1-2H3,(H,20,21). The Morgan fingerprint density at radius 3 is 2.54 bits per heavy atom. The molecule has 1 rings (SSSR count). The predicted molar refractivity (Wildman–Crippen MR) is 96.1 cm³/mol. The largest absolute Gasteiger partial charge is 0.496 e. The van der Waals surface area contributed by atoms with Gasteiger partial charge in [-0.15, -0.1) is 0 Å². The van der Waals surface area contributed by atoms with Gasteiger partial charge in [0, 0.05) is 22.9 Å². The third kappa shape index (κ3) is 8.10. The molecule has 0 heterocycles. The Labute approximate surface area is 150 Å². The molecule has 0 fully saturated rings. The summed E-state index contributed by atoms with van der Waals surface area (Å²) in [4.78, 5) is 22.6. The van der Waals surface area contributed by atoms with Crippen molar-refractivity contribution in [1.82, 2.24) is 5.43 Å². The molecule has 7 heteroatoms. The molecule has 1 aromatic carbocycles. The highest BCUT2D eigenvalue weighted by atomic mass is 79.9. The number of methoxy groups -OCH3 is 2. The molecule has 6 nitrogen and oxygen atoms in total. The molecule has 132 valence electrons. The van der Waals surface area contributed by atoms with E-state index in [9.17, 15) is 9.59 Å². The third-order valence-electron chi connectivity index (χ3n) is 3.35. The summed E-state index contributed by atoms with van der Waals surface area (Å²) in [6.07, 6.45) is 5.75. The number of hydrazone groups is 1. The van der Waals surface area contributed by atoms with Gasteiger partial charge in [0.1, 0.15) is 5.75 Å². The maximum Gasteiger partial charge on any atom is 0.305 e. The predicted octanol–water partition coefficient (Wildman–Crippen LogP) is 3.42. The molecular weight excluding hydrogens is 376 g/mol. The Bertz CT molecular complexity index is 576. The first-order valence-electron chi connectivity index (χ1n) is 7.79. The monoisotopic (exact) mass is 398 g/mol. The lowest BCUT2D eigenvalue weighted by Crippen LogP contribution is -2.17. The fourth-order valence-corrected chi connectivity index (χ4v) is 2.43. The quantitative estimate of drug-likeness (QED) is 0.283. The van der Waals surface area contributed by atoms with Gasteiger partial charge in [-0.05, 0) is 31.0 Å². The van der Waals surface area contributed by atoms with Gasteiger partial charge in [-0.2, -0.15) is 5.10 Å². The highest BCUT2D eigenvalue weighted by Gasteiger charge is 2.03. The molecule has 0 saturated carbocycles. The minimum Gasteiger partial charge on any atom is -0.496 e. The van der Waals surface area contributed by atoms with E-state index in [-0.39, 0.29) is 11.9 Å². The zero-order valence-electron chi connectivity index (χ0n) is 14.0. The molecule has 0 unspecified atom stereocenters. The van der Waals surface area contributed by atoms with E-state index >= 15 is 0 Å². The molecule has 0 spiro atoms. The van der Waals surface area contributed by atoms with E-state index in [1.54, 1.807) is 13.3 Å². The van der Waals surface area contributed by atoms with Crippen LogP contribution in [-0.2, 0) is 14.3 Å². The molecule has 24 heavy (non-hydrogen) atoms. The average Bonchev–Trinajstić information content (AvgIpc) is 2.58. The number of carbonyl (C=O) groups is 2. The highest BCUT2D eigenvalue weighted by Crippen LogP contribution is 2.21. The van der Waals surface area contributed by atoms with E-state index in [0.29, 0.717) is 18.6 Å². The lowest BCUT2D eigenvalue weighted by Gasteiger charge is -2.04. The molecule has 0 aliphatic rings. The van der Waals surface area contributed by atoms with Crippen molar-refractivity contribution in [2.45, 2.75) is 38.5 Å². The maximum absolute atomic E-state index is 11.7. The third-order valence-corrected chi connectivity index (χ3v) is 3.84. The molecule has 1 aromatic rings. The SMILES string of the molecule is COC(=O)CCCCCCC(=O)NN=Cc1cc(Br)ccc1OC. The number of nitrogens with zero attached hydrogens (tertiary/aromatic N) is 1. The first-order valence-corrected chi connectivity index (χ1v) is 8.58. The zero-order valence-corrected chi connectivity index (χ0v) is 15.6. The summed E-state index contributed by atoms with van der Waals surface area (Å²) in [6, 6.07) is 5.55. The van der Waals surface area contributed by atoms with E-state index in [1.807, 2.05) is 18.2 Å². The van der Waals surface area contributed by atoms with E-state index in [4.69, 9.17) is 4.74 Å². The van der Waals surface area contributed by atoms with Crippen molar-refractivity contribution < 1.29 is 19.1 Å². The second-order valence-corrected chi connectivity index (χ2v) is 6.09. The fourth-order valence-electron chi connectivity index (χ4n) is 2.05. The lowest BCUT2D eigenvalue weighted by molar-refractivity contribution is -0.140. The number of halogens is 1. The van der Waals surface area contributed by atoms with Gasteiger partial charge in [0.15, 0.2) is 0 Å². The topological polar surface area (TPSA) is 77.0 Å². The van der Waals surface area contributed by atoms with Crippen LogP contribution in [0, 0.1) is 0 Å². The summed E-state index contributed by atoms with van der Waals surface area (Å²) in [5.74, 6) is 0.361. The van der Waals surface area contributed by atoms with Crippen molar-refractivity contribution in [3.63, 3.8) is 0 Å². The van der Waals surface area contributed by atoms with Crippen LogP contribution in [0.25, 0.3) is 0 Å². The molecule has 0 bridgehead atoms. The van der Waals surface area contributed by atoms with Crippen molar-refractivity contribution in [3.8, 4) is 5.75 Å². The number of carbonyl (C=O) groups excluding carboxylic acids is 2. The number of esters is 1. The van der Waals surface area contributed by atoms with E-state index in [1.165, 1.54) is 7.11 Å². The number of hydrogen-bond acceptors (Lipinski definition) is 5. The van der Waals surface area contributed by atoms with Gasteiger partial charge >= 0.3 is 5.97 Å². The van der Waals surface area contributed by atoms with Gasteiger partial charge in [-0.1, -0.05) is 28.8 Å². The molecular formula is C17H23BrN2O4. The van der Waals surface area contributed by atoms with Crippen molar-refractivity contribution >= 4 is 34.0 Å². The molecule has 0 aromatic heterocycles. The molecule has 1 amide bonds. The first kappa shape index (κ1) is 20.2. The Hall–Kier alpha value is -1.89. The normalized spacial score (nSPS) is 10.6. The average molecular weight is 399 g/mol. The summed E-state index contributed by atoms with van der Waals surface area (Å²) >= 11 is 3.38. The van der Waals surface area contributed by atoms with Gasteiger partial charge < -0.3 is 9.47 Å². The molecule has 0 saturated heterocycles.